The van der Waals surface area contributed by atoms with Crippen LogP contribution in [0.15, 0.2) is 47.4 Å². The third-order valence-corrected chi connectivity index (χ3v) is 3.69. The maximum Gasteiger partial charge on any atom is 0.255 e. The second-order valence-electron chi connectivity index (χ2n) is 5.89. The van der Waals surface area contributed by atoms with Gasteiger partial charge in [0.05, 0.1) is 6.04 Å². The van der Waals surface area contributed by atoms with E-state index in [9.17, 15) is 4.79 Å². The highest BCUT2D eigenvalue weighted by Gasteiger charge is 2.14. The fourth-order valence-corrected chi connectivity index (χ4v) is 2.47. The molecule has 0 saturated heterocycles. The lowest BCUT2D eigenvalue weighted by Gasteiger charge is -2.15. The summed E-state index contributed by atoms with van der Waals surface area (Å²) in [5.41, 5.74) is 9.21. The standard InChI is InChI=1S/C18H24N2O/c1-4-14-7-9-15(10-8-14)17(19)16-6-5-11-20(18(16)21)12-13(2)3/h5-11,13,17H,4,12,19H2,1-3H3. The first-order chi connectivity index (χ1) is 10.0. The van der Waals surface area contributed by atoms with E-state index < -0.39 is 0 Å². The summed E-state index contributed by atoms with van der Waals surface area (Å²) in [5.74, 6) is 0.429. The van der Waals surface area contributed by atoms with E-state index in [-0.39, 0.29) is 11.6 Å². The van der Waals surface area contributed by atoms with Crippen molar-refractivity contribution in [3.63, 3.8) is 0 Å². The number of benzene rings is 1. The SMILES string of the molecule is CCc1ccc(C(N)c2cccn(CC(C)C)c2=O)cc1. The van der Waals surface area contributed by atoms with E-state index in [1.54, 1.807) is 4.57 Å². The summed E-state index contributed by atoms with van der Waals surface area (Å²) in [4.78, 5) is 12.5. The molecule has 0 amide bonds. The Kier molecular flexibility index (Phi) is 4.97. The van der Waals surface area contributed by atoms with Gasteiger partial charge in [-0.2, -0.15) is 0 Å². The van der Waals surface area contributed by atoms with Gasteiger partial charge >= 0.3 is 0 Å². The monoisotopic (exact) mass is 284 g/mol. The third-order valence-electron chi connectivity index (χ3n) is 3.69. The number of rotatable bonds is 5. The van der Waals surface area contributed by atoms with Crippen LogP contribution < -0.4 is 11.3 Å². The Morgan fingerprint density at radius 3 is 2.38 bits per heavy atom. The first-order valence-electron chi connectivity index (χ1n) is 7.56. The molecule has 2 N–H and O–H groups in total. The lowest BCUT2D eigenvalue weighted by atomic mass is 9.99. The zero-order chi connectivity index (χ0) is 15.4. The van der Waals surface area contributed by atoms with Crippen LogP contribution in [0.4, 0.5) is 0 Å². The molecular weight excluding hydrogens is 260 g/mol. The number of aryl methyl sites for hydroxylation is 1. The molecular formula is C18H24N2O. The van der Waals surface area contributed by atoms with Gasteiger partial charge in [-0.1, -0.05) is 51.1 Å². The molecule has 0 spiro atoms. The van der Waals surface area contributed by atoms with E-state index in [1.807, 2.05) is 30.5 Å². The third kappa shape index (κ3) is 3.61. The molecule has 112 valence electrons. The van der Waals surface area contributed by atoms with Crippen molar-refractivity contribution in [2.45, 2.75) is 39.8 Å². The van der Waals surface area contributed by atoms with Gasteiger partial charge < -0.3 is 10.3 Å². The molecule has 1 aromatic heterocycles. The van der Waals surface area contributed by atoms with Gasteiger partial charge in [0.1, 0.15) is 0 Å². The van der Waals surface area contributed by atoms with Crippen LogP contribution in [-0.4, -0.2) is 4.57 Å². The summed E-state index contributed by atoms with van der Waals surface area (Å²) < 4.78 is 1.75. The molecule has 2 rings (SSSR count). The quantitative estimate of drug-likeness (QED) is 0.917. The van der Waals surface area contributed by atoms with Crippen LogP contribution in [0, 0.1) is 5.92 Å². The Morgan fingerprint density at radius 1 is 1.14 bits per heavy atom. The lowest BCUT2D eigenvalue weighted by molar-refractivity contribution is 0.507. The zero-order valence-corrected chi connectivity index (χ0v) is 13.0. The van der Waals surface area contributed by atoms with Gasteiger partial charge in [-0.25, -0.2) is 0 Å². The predicted octanol–water partition coefficient (Wildman–Crippen LogP) is 3.11. The molecule has 0 aliphatic carbocycles. The molecule has 2 aromatic rings. The van der Waals surface area contributed by atoms with Crippen molar-refractivity contribution in [3.05, 3.63) is 69.6 Å². The molecule has 1 heterocycles. The Morgan fingerprint density at radius 2 is 1.81 bits per heavy atom. The lowest BCUT2D eigenvalue weighted by Crippen LogP contribution is -2.29. The van der Waals surface area contributed by atoms with Gasteiger partial charge in [0.15, 0.2) is 0 Å². The number of nitrogens with zero attached hydrogens (tertiary/aromatic N) is 1. The van der Waals surface area contributed by atoms with E-state index in [1.165, 1.54) is 5.56 Å². The molecule has 0 aliphatic heterocycles. The molecule has 3 nitrogen and oxygen atoms in total. The number of hydrogen-bond donors (Lipinski definition) is 1. The molecule has 0 aliphatic rings. The number of aromatic nitrogens is 1. The topological polar surface area (TPSA) is 48.0 Å². The summed E-state index contributed by atoms with van der Waals surface area (Å²) in [5, 5.41) is 0. The van der Waals surface area contributed by atoms with Crippen LogP contribution >= 0.6 is 0 Å². The van der Waals surface area contributed by atoms with Crippen LogP contribution in [-0.2, 0) is 13.0 Å². The van der Waals surface area contributed by atoms with Crippen molar-refractivity contribution in [3.8, 4) is 0 Å². The van der Waals surface area contributed by atoms with Gasteiger partial charge in [-0.15, -0.1) is 0 Å². The Bertz CT molecular complexity index is 641. The Balaban J connectivity index is 2.34. The molecule has 21 heavy (non-hydrogen) atoms. The van der Waals surface area contributed by atoms with Crippen LogP contribution in [0.1, 0.15) is 43.5 Å². The minimum absolute atomic E-state index is 0.0123. The summed E-state index contributed by atoms with van der Waals surface area (Å²) >= 11 is 0. The van der Waals surface area contributed by atoms with Gasteiger partial charge in [0, 0.05) is 18.3 Å². The van der Waals surface area contributed by atoms with E-state index in [2.05, 4.69) is 32.9 Å². The van der Waals surface area contributed by atoms with Crippen molar-refractivity contribution in [1.29, 1.82) is 0 Å². The second kappa shape index (κ2) is 6.72. The van der Waals surface area contributed by atoms with E-state index in [0.717, 1.165) is 12.0 Å². The van der Waals surface area contributed by atoms with Crippen molar-refractivity contribution >= 4 is 0 Å². The summed E-state index contributed by atoms with van der Waals surface area (Å²) in [7, 11) is 0. The largest absolute Gasteiger partial charge is 0.320 e. The van der Waals surface area contributed by atoms with E-state index in [0.29, 0.717) is 18.0 Å². The minimum Gasteiger partial charge on any atom is -0.320 e. The van der Waals surface area contributed by atoms with E-state index in [4.69, 9.17) is 5.73 Å². The van der Waals surface area contributed by atoms with E-state index >= 15 is 0 Å². The molecule has 1 unspecified atom stereocenters. The fraction of sp³-hybridized carbons (Fsp3) is 0.389. The summed E-state index contributed by atoms with van der Waals surface area (Å²) in [6, 6.07) is 11.5. The van der Waals surface area contributed by atoms with Gasteiger partial charge in [0.2, 0.25) is 0 Å². The molecule has 0 saturated carbocycles. The van der Waals surface area contributed by atoms with Crippen LogP contribution in [0.2, 0.25) is 0 Å². The number of hydrogen-bond acceptors (Lipinski definition) is 2. The average Bonchev–Trinajstić information content (AvgIpc) is 2.48. The number of pyridine rings is 1. The van der Waals surface area contributed by atoms with Gasteiger partial charge in [0.25, 0.3) is 5.56 Å². The predicted molar refractivity (Wildman–Crippen MR) is 87.4 cm³/mol. The normalized spacial score (nSPS) is 12.6. The first-order valence-corrected chi connectivity index (χ1v) is 7.56. The Labute approximate surface area is 126 Å². The van der Waals surface area contributed by atoms with Gasteiger partial charge in [-0.3, -0.25) is 4.79 Å². The summed E-state index contributed by atoms with van der Waals surface area (Å²) in [6.45, 7) is 7.04. The van der Waals surface area contributed by atoms with Crippen LogP contribution in [0.25, 0.3) is 0 Å². The fourth-order valence-electron chi connectivity index (χ4n) is 2.47. The van der Waals surface area contributed by atoms with Crippen LogP contribution in [0.5, 0.6) is 0 Å². The van der Waals surface area contributed by atoms with Gasteiger partial charge in [-0.05, 0) is 29.5 Å². The highest BCUT2D eigenvalue weighted by Crippen LogP contribution is 2.17. The molecule has 1 atom stereocenters. The molecule has 0 bridgehead atoms. The molecule has 1 aromatic carbocycles. The second-order valence-corrected chi connectivity index (χ2v) is 5.89. The highest BCUT2D eigenvalue weighted by molar-refractivity contribution is 5.32. The zero-order valence-electron chi connectivity index (χ0n) is 13.0. The van der Waals surface area contributed by atoms with Crippen molar-refractivity contribution in [2.75, 3.05) is 0 Å². The van der Waals surface area contributed by atoms with Crippen molar-refractivity contribution < 1.29 is 0 Å². The first kappa shape index (κ1) is 15.5. The minimum atomic E-state index is -0.372. The van der Waals surface area contributed by atoms with Crippen molar-refractivity contribution in [2.24, 2.45) is 11.7 Å². The maximum absolute atomic E-state index is 12.5. The Hall–Kier alpha value is -1.87. The molecule has 0 fully saturated rings. The van der Waals surface area contributed by atoms with Crippen LogP contribution in [0.3, 0.4) is 0 Å². The molecule has 3 heteroatoms. The highest BCUT2D eigenvalue weighted by atomic mass is 16.1. The maximum atomic E-state index is 12.5. The smallest absolute Gasteiger partial charge is 0.255 e. The van der Waals surface area contributed by atoms with Crippen molar-refractivity contribution in [1.82, 2.24) is 4.57 Å². The summed E-state index contributed by atoms with van der Waals surface area (Å²) in [6.07, 6.45) is 2.83. The molecule has 0 radical (unpaired) electrons. The average molecular weight is 284 g/mol. The number of nitrogens with two attached hydrogens (primary N) is 1.